The normalized spacial score (nSPS) is 20.0. The van der Waals surface area contributed by atoms with Crippen molar-refractivity contribution in [3.05, 3.63) is 11.6 Å². The van der Waals surface area contributed by atoms with Crippen LogP contribution in [0, 0.1) is 0 Å². The van der Waals surface area contributed by atoms with Crippen molar-refractivity contribution < 1.29 is 14.6 Å². The van der Waals surface area contributed by atoms with Crippen molar-refractivity contribution in [2.24, 2.45) is 0 Å². The van der Waals surface area contributed by atoms with E-state index in [1.165, 1.54) is 0 Å². The quantitative estimate of drug-likeness (QED) is 0.696. The van der Waals surface area contributed by atoms with Gasteiger partial charge in [0.05, 0.1) is 6.61 Å². The number of rotatable bonds is 1. The molecule has 0 aromatic rings. The fourth-order valence-electron chi connectivity index (χ4n) is 1.68. The molecule has 0 aliphatic carbocycles. The molecule has 0 aromatic carbocycles. The van der Waals surface area contributed by atoms with Crippen LogP contribution in [-0.4, -0.2) is 41.4 Å². The smallest absolute Gasteiger partial charge is 0.410 e. The standard InChI is InChI=1S/C12H21NO3/c1-12(2,3)16-11(15)13-7-4-5-10(9-13)6-8-14/h6,14H,4-5,7-9H2,1-3H3. The summed E-state index contributed by atoms with van der Waals surface area (Å²) >= 11 is 0. The zero-order valence-corrected chi connectivity index (χ0v) is 10.3. The molecule has 1 rings (SSSR count). The average molecular weight is 227 g/mol. The molecular formula is C12H21NO3. The van der Waals surface area contributed by atoms with E-state index in [9.17, 15) is 4.79 Å². The molecule has 1 N–H and O–H groups in total. The summed E-state index contributed by atoms with van der Waals surface area (Å²) in [5.41, 5.74) is 0.662. The van der Waals surface area contributed by atoms with Crippen LogP contribution in [0.2, 0.25) is 0 Å². The average Bonchev–Trinajstić information content (AvgIpc) is 2.16. The Bertz CT molecular complexity index is 278. The highest BCUT2D eigenvalue weighted by atomic mass is 16.6. The number of nitrogens with zero attached hydrogens (tertiary/aromatic N) is 1. The lowest BCUT2D eigenvalue weighted by Gasteiger charge is -2.31. The largest absolute Gasteiger partial charge is 0.444 e. The number of aliphatic hydroxyl groups excluding tert-OH is 1. The lowest BCUT2D eigenvalue weighted by atomic mass is 10.1. The molecule has 1 saturated heterocycles. The number of ether oxygens (including phenoxy) is 1. The second kappa shape index (κ2) is 5.34. The molecule has 1 heterocycles. The maximum absolute atomic E-state index is 11.8. The highest BCUT2D eigenvalue weighted by Crippen LogP contribution is 2.18. The predicted octanol–water partition coefficient (Wildman–Crippen LogP) is 1.94. The molecule has 0 aromatic heterocycles. The molecule has 1 aliphatic heterocycles. The lowest BCUT2D eigenvalue weighted by Crippen LogP contribution is -2.40. The highest BCUT2D eigenvalue weighted by Gasteiger charge is 2.24. The van der Waals surface area contributed by atoms with Crippen molar-refractivity contribution in [1.82, 2.24) is 4.90 Å². The highest BCUT2D eigenvalue weighted by molar-refractivity contribution is 5.68. The number of hydrogen-bond donors (Lipinski definition) is 1. The summed E-state index contributed by atoms with van der Waals surface area (Å²) in [7, 11) is 0. The maximum Gasteiger partial charge on any atom is 0.410 e. The zero-order chi connectivity index (χ0) is 12.2. The van der Waals surface area contributed by atoms with E-state index in [2.05, 4.69) is 0 Å². The molecule has 0 saturated carbocycles. The summed E-state index contributed by atoms with van der Waals surface area (Å²) in [6.07, 6.45) is 3.40. The van der Waals surface area contributed by atoms with Crippen molar-refractivity contribution in [1.29, 1.82) is 0 Å². The van der Waals surface area contributed by atoms with Crippen molar-refractivity contribution in [3.63, 3.8) is 0 Å². The van der Waals surface area contributed by atoms with Gasteiger partial charge in [-0.15, -0.1) is 0 Å². The maximum atomic E-state index is 11.8. The molecule has 0 unspecified atom stereocenters. The Labute approximate surface area is 96.9 Å². The molecule has 1 fully saturated rings. The van der Waals surface area contributed by atoms with E-state index in [0.717, 1.165) is 25.0 Å². The Morgan fingerprint density at radius 3 is 2.81 bits per heavy atom. The minimum Gasteiger partial charge on any atom is -0.444 e. The van der Waals surface area contributed by atoms with Gasteiger partial charge in [0.2, 0.25) is 0 Å². The second-order valence-electron chi connectivity index (χ2n) is 5.05. The van der Waals surface area contributed by atoms with Gasteiger partial charge in [-0.2, -0.15) is 0 Å². The Balaban J connectivity index is 2.54. The second-order valence-corrected chi connectivity index (χ2v) is 5.05. The van der Waals surface area contributed by atoms with Gasteiger partial charge in [0, 0.05) is 13.1 Å². The predicted molar refractivity (Wildman–Crippen MR) is 62.2 cm³/mol. The number of carbonyl (C=O) groups excluding carboxylic acids is 1. The molecule has 0 radical (unpaired) electrons. The Morgan fingerprint density at radius 2 is 2.25 bits per heavy atom. The van der Waals surface area contributed by atoms with Gasteiger partial charge >= 0.3 is 6.09 Å². The molecular weight excluding hydrogens is 206 g/mol. The SMILES string of the molecule is CC(C)(C)OC(=O)N1CCCC(=CCO)C1. The Morgan fingerprint density at radius 1 is 1.56 bits per heavy atom. The van der Waals surface area contributed by atoms with Crippen molar-refractivity contribution in [3.8, 4) is 0 Å². The van der Waals surface area contributed by atoms with Crippen LogP contribution in [0.25, 0.3) is 0 Å². The van der Waals surface area contributed by atoms with Gasteiger partial charge in [-0.05, 0) is 33.6 Å². The molecule has 0 bridgehead atoms. The van der Waals surface area contributed by atoms with Crippen LogP contribution >= 0.6 is 0 Å². The summed E-state index contributed by atoms with van der Waals surface area (Å²) in [6, 6.07) is 0. The number of hydrogen-bond acceptors (Lipinski definition) is 3. The third-order valence-corrected chi connectivity index (χ3v) is 2.35. The number of aliphatic hydroxyl groups is 1. The first-order chi connectivity index (χ1) is 7.42. The Hall–Kier alpha value is -1.03. The van der Waals surface area contributed by atoms with Gasteiger partial charge in [-0.1, -0.05) is 11.6 Å². The van der Waals surface area contributed by atoms with Crippen LogP contribution < -0.4 is 0 Å². The van der Waals surface area contributed by atoms with Crippen LogP contribution in [0.15, 0.2) is 11.6 Å². The first kappa shape index (κ1) is 13.0. The summed E-state index contributed by atoms with van der Waals surface area (Å²) in [5.74, 6) is 0. The molecule has 4 nitrogen and oxygen atoms in total. The number of amides is 1. The molecule has 1 aliphatic rings. The van der Waals surface area contributed by atoms with E-state index in [4.69, 9.17) is 9.84 Å². The van der Waals surface area contributed by atoms with Crippen LogP contribution in [0.4, 0.5) is 4.79 Å². The minimum absolute atomic E-state index is 0.0392. The van der Waals surface area contributed by atoms with E-state index in [-0.39, 0.29) is 12.7 Å². The monoisotopic (exact) mass is 227 g/mol. The molecule has 92 valence electrons. The van der Waals surface area contributed by atoms with Crippen molar-refractivity contribution in [2.45, 2.75) is 39.2 Å². The first-order valence-electron chi connectivity index (χ1n) is 5.69. The van der Waals surface area contributed by atoms with Crippen LogP contribution in [-0.2, 0) is 4.74 Å². The number of piperidine rings is 1. The Kier molecular flexibility index (Phi) is 4.35. The lowest BCUT2D eigenvalue weighted by molar-refractivity contribution is 0.0246. The first-order valence-corrected chi connectivity index (χ1v) is 5.69. The van der Waals surface area contributed by atoms with Gasteiger partial charge < -0.3 is 14.7 Å². The summed E-state index contributed by atoms with van der Waals surface area (Å²) < 4.78 is 5.30. The topological polar surface area (TPSA) is 49.8 Å². The molecule has 0 atom stereocenters. The van der Waals surface area contributed by atoms with Gasteiger partial charge in [0.1, 0.15) is 5.60 Å². The minimum atomic E-state index is -0.449. The van der Waals surface area contributed by atoms with Gasteiger partial charge in [-0.25, -0.2) is 4.79 Å². The van der Waals surface area contributed by atoms with Crippen LogP contribution in [0.1, 0.15) is 33.6 Å². The summed E-state index contributed by atoms with van der Waals surface area (Å²) in [4.78, 5) is 13.5. The van der Waals surface area contributed by atoms with E-state index in [1.54, 1.807) is 11.0 Å². The van der Waals surface area contributed by atoms with Crippen molar-refractivity contribution in [2.75, 3.05) is 19.7 Å². The van der Waals surface area contributed by atoms with Gasteiger partial charge in [0.25, 0.3) is 0 Å². The van der Waals surface area contributed by atoms with Crippen LogP contribution in [0.3, 0.4) is 0 Å². The fraction of sp³-hybridized carbons (Fsp3) is 0.750. The molecule has 16 heavy (non-hydrogen) atoms. The van der Waals surface area contributed by atoms with E-state index < -0.39 is 5.60 Å². The number of likely N-dealkylation sites (tertiary alicyclic amines) is 1. The van der Waals surface area contributed by atoms with E-state index in [1.807, 2.05) is 20.8 Å². The summed E-state index contributed by atoms with van der Waals surface area (Å²) in [6.45, 7) is 6.93. The number of carbonyl (C=O) groups is 1. The van der Waals surface area contributed by atoms with Crippen molar-refractivity contribution >= 4 is 6.09 Å². The third-order valence-electron chi connectivity index (χ3n) is 2.35. The molecule has 4 heteroatoms. The zero-order valence-electron chi connectivity index (χ0n) is 10.3. The fourth-order valence-corrected chi connectivity index (χ4v) is 1.68. The molecule has 1 amide bonds. The van der Waals surface area contributed by atoms with Gasteiger partial charge in [0.15, 0.2) is 0 Å². The van der Waals surface area contributed by atoms with E-state index >= 15 is 0 Å². The summed E-state index contributed by atoms with van der Waals surface area (Å²) in [5, 5.41) is 8.82. The van der Waals surface area contributed by atoms with Gasteiger partial charge in [-0.3, -0.25) is 0 Å². The molecule has 0 spiro atoms. The van der Waals surface area contributed by atoms with E-state index in [0.29, 0.717) is 6.54 Å². The third kappa shape index (κ3) is 4.23. The van der Waals surface area contributed by atoms with Crippen LogP contribution in [0.5, 0.6) is 0 Å².